The van der Waals surface area contributed by atoms with E-state index in [1.54, 1.807) is 0 Å². The van der Waals surface area contributed by atoms with Gasteiger partial charge in [0.25, 0.3) is 0 Å². The first-order chi connectivity index (χ1) is 11.0. The van der Waals surface area contributed by atoms with Gasteiger partial charge in [0, 0.05) is 32.2 Å². The van der Waals surface area contributed by atoms with E-state index in [2.05, 4.69) is 42.3 Å². The molecule has 1 heterocycles. The van der Waals surface area contributed by atoms with Gasteiger partial charge in [-0.05, 0) is 38.3 Å². The summed E-state index contributed by atoms with van der Waals surface area (Å²) in [4.78, 5) is 16.7. The van der Waals surface area contributed by atoms with E-state index in [0.29, 0.717) is 5.92 Å². The Morgan fingerprint density at radius 3 is 2.28 bits per heavy atom. The number of hydrogen-bond donors (Lipinski definition) is 1. The second-order valence-electron chi connectivity index (χ2n) is 7.10. The van der Waals surface area contributed by atoms with Crippen molar-refractivity contribution in [2.24, 2.45) is 17.6 Å². The number of likely N-dealkylation sites (tertiary alicyclic amines) is 1. The number of nitrogens with two attached hydrogens (primary N) is 1. The van der Waals surface area contributed by atoms with Crippen molar-refractivity contribution in [1.82, 2.24) is 9.80 Å². The summed E-state index contributed by atoms with van der Waals surface area (Å²) in [5, 5.41) is 0. The van der Waals surface area contributed by atoms with Crippen LogP contribution >= 0.6 is 24.8 Å². The van der Waals surface area contributed by atoms with Gasteiger partial charge in [0.15, 0.2) is 0 Å². The summed E-state index contributed by atoms with van der Waals surface area (Å²) < 4.78 is 0. The minimum absolute atomic E-state index is 0. The Hall–Kier alpha value is -0.810. The van der Waals surface area contributed by atoms with Gasteiger partial charge in [0.2, 0.25) is 5.91 Å². The highest BCUT2D eigenvalue weighted by atomic mass is 35.5. The van der Waals surface area contributed by atoms with E-state index in [9.17, 15) is 4.79 Å². The maximum absolute atomic E-state index is 12.3. The van der Waals surface area contributed by atoms with E-state index < -0.39 is 0 Å². The van der Waals surface area contributed by atoms with Crippen LogP contribution in [0.1, 0.15) is 32.3 Å². The second kappa shape index (κ2) is 11.7. The highest BCUT2D eigenvalue weighted by molar-refractivity contribution is 5.85. The molecular formula is C19H33Cl2N3O. The van der Waals surface area contributed by atoms with Crippen molar-refractivity contribution in [3.8, 4) is 0 Å². The molecule has 1 aromatic rings. The molecule has 1 aromatic carbocycles. The molecule has 0 spiro atoms. The van der Waals surface area contributed by atoms with Crippen LogP contribution < -0.4 is 5.73 Å². The van der Waals surface area contributed by atoms with Crippen LogP contribution in [0.15, 0.2) is 30.3 Å². The summed E-state index contributed by atoms with van der Waals surface area (Å²) in [6, 6.07) is 10.5. The molecule has 2 atom stereocenters. The molecule has 25 heavy (non-hydrogen) atoms. The zero-order chi connectivity index (χ0) is 16.8. The maximum Gasteiger partial charge on any atom is 0.226 e. The van der Waals surface area contributed by atoms with E-state index >= 15 is 0 Å². The number of carbonyl (C=O) groups excluding carboxylic acids is 1. The molecule has 1 fully saturated rings. The maximum atomic E-state index is 12.3. The predicted octanol–water partition coefficient (Wildman–Crippen LogP) is 3.18. The average molecular weight is 390 g/mol. The van der Waals surface area contributed by atoms with Crippen LogP contribution in [0.5, 0.6) is 0 Å². The number of carbonyl (C=O) groups is 1. The first kappa shape index (κ1) is 24.2. The molecule has 1 aliphatic heterocycles. The molecule has 2 N–H and O–H groups in total. The molecule has 2 rings (SSSR count). The summed E-state index contributed by atoms with van der Waals surface area (Å²) in [7, 11) is 2.18. The Labute approximate surface area is 164 Å². The van der Waals surface area contributed by atoms with Crippen molar-refractivity contribution in [2.45, 2.75) is 39.3 Å². The van der Waals surface area contributed by atoms with E-state index in [0.717, 1.165) is 39.0 Å². The third-order valence-electron chi connectivity index (χ3n) is 4.97. The molecule has 144 valence electrons. The van der Waals surface area contributed by atoms with Crippen molar-refractivity contribution in [3.05, 3.63) is 35.9 Å². The molecule has 6 heteroatoms. The van der Waals surface area contributed by atoms with Gasteiger partial charge in [-0.15, -0.1) is 24.8 Å². The SMILES string of the molecule is CC(N)C(C)C(=O)N1CCC(CN(C)Cc2ccccc2)CC1.Cl.Cl. The van der Waals surface area contributed by atoms with E-state index in [1.807, 2.05) is 18.7 Å². The number of nitrogens with zero attached hydrogens (tertiary/aromatic N) is 2. The molecule has 1 aliphatic rings. The lowest BCUT2D eigenvalue weighted by molar-refractivity contribution is -0.137. The summed E-state index contributed by atoms with van der Waals surface area (Å²) in [5.41, 5.74) is 7.21. The fraction of sp³-hybridized carbons (Fsp3) is 0.632. The molecule has 2 unspecified atom stereocenters. The first-order valence-corrected chi connectivity index (χ1v) is 8.74. The van der Waals surface area contributed by atoms with Gasteiger partial charge < -0.3 is 15.5 Å². The summed E-state index contributed by atoms with van der Waals surface area (Å²) in [6.07, 6.45) is 2.19. The lowest BCUT2D eigenvalue weighted by Crippen LogP contribution is -2.46. The third-order valence-corrected chi connectivity index (χ3v) is 4.97. The van der Waals surface area contributed by atoms with Gasteiger partial charge in [-0.3, -0.25) is 4.79 Å². The van der Waals surface area contributed by atoms with Gasteiger partial charge in [0.05, 0.1) is 5.92 Å². The molecule has 0 saturated carbocycles. The zero-order valence-electron chi connectivity index (χ0n) is 15.6. The smallest absolute Gasteiger partial charge is 0.226 e. The van der Waals surface area contributed by atoms with Gasteiger partial charge in [0.1, 0.15) is 0 Å². The molecular weight excluding hydrogens is 357 g/mol. The number of halogens is 2. The lowest BCUT2D eigenvalue weighted by atomic mass is 9.94. The number of amides is 1. The number of piperidine rings is 1. The Bertz CT molecular complexity index is 491. The minimum atomic E-state index is -0.0766. The van der Waals surface area contributed by atoms with Gasteiger partial charge in [-0.25, -0.2) is 0 Å². The summed E-state index contributed by atoms with van der Waals surface area (Å²) >= 11 is 0. The van der Waals surface area contributed by atoms with Crippen LogP contribution in [0.4, 0.5) is 0 Å². The van der Waals surface area contributed by atoms with Gasteiger partial charge in [-0.2, -0.15) is 0 Å². The summed E-state index contributed by atoms with van der Waals surface area (Å²) in [6.45, 7) is 7.68. The fourth-order valence-corrected chi connectivity index (χ4v) is 3.25. The quantitative estimate of drug-likeness (QED) is 0.812. The lowest BCUT2D eigenvalue weighted by Gasteiger charge is -2.35. The zero-order valence-corrected chi connectivity index (χ0v) is 17.2. The monoisotopic (exact) mass is 389 g/mol. The van der Waals surface area contributed by atoms with Crippen LogP contribution in [-0.2, 0) is 11.3 Å². The van der Waals surface area contributed by atoms with Gasteiger partial charge >= 0.3 is 0 Å². The van der Waals surface area contributed by atoms with Gasteiger partial charge in [-0.1, -0.05) is 37.3 Å². The van der Waals surface area contributed by atoms with Crippen LogP contribution in [0.3, 0.4) is 0 Å². The van der Waals surface area contributed by atoms with E-state index in [-0.39, 0.29) is 42.7 Å². The van der Waals surface area contributed by atoms with Crippen LogP contribution in [0.2, 0.25) is 0 Å². The molecule has 0 radical (unpaired) electrons. The molecule has 4 nitrogen and oxygen atoms in total. The molecule has 0 bridgehead atoms. The topological polar surface area (TPSA) is 49.6 Å². The van der Waals surface area contributed by atoms with Crippen LogP contribution in [-0.4, -0.2) is 48.4 Å². The Kier molecular flexibility index (Phi) is 11.4. The average Bonchev–Trinajstić information content (AvgIpc) is 2.55. The Morgan fingerprint density at radius 2 is 1.76 bits per heavy atom. The van der Waals surface area contributed by atoms with E-state index in [4.69, 9.17) is 5.73 Å². The number of benzene rings is 1. The normalized spacial score (nSPS) is 17.4. The van der Waals surface area contributed by atoms with Crippen LogP contribution in [0, 0.1) is 11.8 Å². The van der Waals surface area contributed by atoms with Crippen molar-refractivity contribution >= 4 is 30.7 Å². The highest BCUT2D eigenvalue weighted by Crippen LogP contribution is 2.20. The van der Waals surface area contributed by atoms with Crippen molar-refractivity contribution in [1.29, 1.82) is 0 Å². The van der Waals surface area contributed by atoms with Crippen LogP contribution in [0.25, 0.3) is 0 Å². The third kappa shape index (κ3) is 7.53. The number of rotatable bonds is 6. The standard InChI is InChI=1S/C19H31N3O.2ClH/c1-15(16(2)20)19(23)22-11-9-18(10-12-22)14-21(3)13-17-7-5-4-6-8-17;;/h4-8,15-16,18H,9-14,20H2,1-3H3;2*1H. The largest absolute Gasteiger partial charge is 0.342 e. The number of hydrogen-bond acceptors (Lipinski definition) is 3. The fourth-order valence-electron chi connectivity index (χ4n) is 3.25. The van der Waals surface area contributed by atoms with Crippen molar-refractivity contribution < 1.29 is 4.79 Å². The molecule has 0 aromatic heterocycles. The first-order valence-electron chi connectivity index (χ1n) is 8.74. The molecule has 0 aliphatic carbocycles. The summed E-state index contributed by atoms with van der Waals surface area (Å²) in [5.74, 6) is 0.821. The Balaban J connectivity index is 0.00000288. The molecule has 1 saturated heterocycles. The Morgan fingerprint density at radius 1 is 1.20 bits per heavy atom. The van der Waals surface area contributed by atoms with E-state index in [1.165, 1.54) is 5.56 Å². The van der Waals surface area contributed by atoms with Crippen molar-refractivity contribution in [2.75, 3.05) is 26.7 Å². The highest BCUT2D eigenvalue weighted by Gasteiger charge is 2.27. The molecule has 1 amide bonds. The predicted molar refractivity (Wildman–Crippen MR) is 109 cm³/mol. The van der Waals surface area contributed by atoms with Crippen molar-refractivity contribution in [3.63, 3.8) is 0 Å². The second-order valence-corrected chi connectivity index (χ2v) is 7.10. The minimum Gasteiger partial charge on any atom is -0.342 e.